The van der Waals surface area contributed by atoms with Gasteiger partial charge in [0.15, 0.2) is 0 Å². The van der Waals surface area contributed by atoms with Gasteiger partial charge in [0.05, 0.1) is 17.4 Å². The fraction of sp³-hybridized carbons (Fsp3) is 0.294. The van der Waals surface area contributed by atoms with E-state index >= 15 is 0 Å². The van der Waals surface area contributed by atoms with E-state index in [2.05, 4.69) is 0 Å². The molecule has 1 unspecified atom stereocenters. The van der Waals surface area contributed by atoms with Gasteiger partial charge in [0, 0.05) is 4.90 Å². The Bertz CT molecular complexity index is 707. The Morgan fingerprint density at radius 1 is 1.09 bits per heavy atom. The minimum absolute atomic E-state index is 0.362. The van der Waals surface area contributed by atoms with Crippen LogP contribution in [0.3, 0.4) is 0 Å². The molecular weight excluding hydrogens is 325 g/mol. The fourth-order valence-electron chi connectivity index (χ4n) is 2.54. The van der Waals surface area contributed by atoms with Crippen LogP contribution >= 0.6 is 0 Å². The van der Waals surface area contributed by atoms with Gasteiger partial charge in [-0.15, -0.1) is 0 Å². The van der Waals surface area contributed by atoms with E-state index in [1.165, 1.54) is 0 Å². The third-order valence-electron chi connectivity index (χ3n) is 3.93. The molecule has 23 heavy (non-hydrogen) atoms. The number of hydrogen-bond donors (Lipinski definition) is 0. The Morgan fingerprint density at radius 2 is 1.65 bits per heavy atom. The maximum Gasteiger partial charge on any atom is 0.421 e. The van der Waals surface area contributed by atoms with Crippen molar-refractivity contribution in [1.82, 2.24) is 0 Å². The number of alkyl halides is 3. The highest BCUT2D eigenvalue weighted by molar-refractivity contribution is 7.85. The lowest BCUT2D eigenvalue weighted by Crippen LogP contribution is -2.40. The summed E-state index contributed by atoms with van der Waals surface area (Å²) in [5, 5.41) is -1.29. The van der Waals surface area contributed by atoms with Crippen molar-refractivity contribution in [3.63, 3.8) is 0 Å². The molecule has 6 heteroatoms. The molecule has 1 aliphatic heterocycles. The molecule has 0 saturated carbocycles. The Kier molecular flexibility index (Phi) is 4.06. The van der Waals surface area contributed by atoms with Crippen molar-refractivity contribution in [2.24, 2.45) is 0 Å². The summed E-state index contributed by atoms with van der Waals surface area (Å²) in [4.78, 5) is 0.364. The van der Waals surface area contributed by atoms with Gasteiger partial charge in [0.1, 0.15) is 5.25 Å². The van der Waals surface area contributed by atoms with Crippen LogP contribution < -0.4 is 0 Å². The van der Waals surface area contributed by atoms with E-state index in [9.17, 15) is 17.4 Å². The van der Waals surface area contributed by atoms with E-state index in [0.29, 0.717) is 10.5 Å². The summed E-state index contributed by atoms with van der Waals surface area (Å²) >= 11 is 0. The van der Waals surface area contributed by atoms with Crippen molar-refractivity contribution in [3.05, 3.63) is 65.7 Å². The molecule has 1 heterocycles. The van der Waals surface area contributed by atoms with Gasteiger partial charge in [0.25, 0.3) is 0 Å². The molecule has 0 radical (unpaired) electrons. The van der Waals surface area contributed by atoms with Crippen molar-refractivity contribution < 1.29 is 22.1 Å². The molecule has 2 aromatic rings. The lowest BCUT2D eigenvalue weighted by Gasteiger charge is -2.26. The molecule has 0 amide bonds. The number of rotatable bonds is 4. The van der Waals surface area contributed by atoms with Gasteiger partial charge in [-0.25, -0.2) is 0 Å². The molecule has 2 aromatic carbocycles. The number of hydrogen-bond acceptors (Lipinski definition) is 2. The zero-order valence-corrected chi connectivity index (χ0v) is 13.2. The Balaban J connectivity index is 2.06. The van der Waals surface area contributed by atoms with E-state index in [1.807, 2.05) is 6.92 Å². The monoisotopic (exact) mass is 340 g/mol. The lowest BCUT2D eigenvalue weighted by atomic mass is 9.99. The molecule has 0 aromatic heterocycles. The van der Waals surface area contributed by atoms with Crippen molar-refractivity contribution in [1.29, 1.82) is 0 Å². The first kappa shape index (κ1) is 16.2. The van der Waals surface area contributed by atoms with Crippen LogP contribution in [0.25, 0.3) is 0 Å². The minimum atomic E-state index is -4.58. The van der Waals surface area contributed by atoms with Crippen molar-refractivity contribution in [3.8, 4) is 0 Å². The Labute approximate surface area is 134 Å². The molecular formula is C17H15F3O2S. The average Bonchev–Trinajstić information content (AvgIpc) is 3.30. The lowest BCUT2D eigenvalue weighted by molar-refractivity contribution is -0.184. The summed E-state index contributed by atoms with van der Waals surface area (Å²) in [5.74, 6) is 0. The second-order valence-electron chi connectivity index (χ2n) is 5.58. The van der Waals surface area contributed by atoms with E-state index in [0.717, 1.165) is 5.56 Å². The molecule has 0 bridgehead atoms. The molecule has 2 nitrogen and oxygen atoms in total. The number of ether oxygens (including phenoxy) is 1. The predicted molar refractivity (Wildman–Crippen MR) is 81.5 cm³/mol. The first-order chi connectivity index (χ1) is 10.8. The van der Waals surface area contributed by atoms with E-state index in [-0.39, 0.29) is 0 Å². The number of epoxide rings is 1. The van der Waals surface area contributed by atoms with Gasteiger partial charge in [-0.1, -0.05) is 48.0 Å². The topological polar surface area (TPSA) is 29.6 Å². The van der Waals surface area contributed by atoms with Gasteiger partial charge in [-0.05, 0) is 24.6 Å². The quantitative estimate of drug-likeness (QED) is 0.782. The van der Waals surface area contributed by atoms with Gasteiger partial charge in [-0.2, -0.15) is 13.2 Å². The molecule has 0 aliphatic carbocycles. The van der Waals surface area contributed by atoms with Crippen LogP contribution in [0.5, 0.6) is 0 Å². The summed E-state index contributed by atoms with van der Waals surface area (Å²) < 4.78 is 58.3. The van der Waals surface area contributed by atoms with Gasteiger partial charge < -0.3 is 4.74 Å². The van der Waals surface area contributed by atoms with Crippen molar-refractivity contribution >= 4 is 10.8 Å². The highest BCUT2D eigenvalue weighted by atomic mass is 32.2. The normalized spacial score (nSPS) is 23.3. The zero-order chi connectivity index (χ0) is 16.7. The first-order valence-electron chi connectivity index (χ1n) is 7.08. The van der Waals surface area contributed by atoms with Gasteiger partial charge >= 0.3 is 6.18 Å². The van der Waals surface area contributed by atoms with Gasteiger partial charge in [0.2, 0.25) is 5.60 Å². The third-order valence-corrected chi connectivity index (χ3v) is 5.75. The van der Waals surface area contributed by atoms with Crippen molar-refractivity contribution in [2.75, 3.05) is 6.61 Å². The summed E-state index contributed by atoms with van der Waals surface area (Å²) in [6.45, 7) is 1.40. The Morgan fingerprint density at radius 3 is 2.13 bits per heavy atom. The summed E-state index contributed by atoms with van der Waals surface area (Å²) in [5.41, 5.74) is -1.05. The molecule has 1 fully saturated rings. The summed E-state index contributed by atoms with van der Waals surface area (Å²) in [7, 11) is -1.88. The highest BCUT2D eigenvalue weighted by Crippen LogP contribution is 2.54. The van der Waals surface area contributed by atoms with Crippen LogP contribution in [-0.4, -0.2) is 22.6 Å². The molecule has 3 atom stereocenters. The van der Waals surface area contributed by atoms with Crippen LogP contribution in [0.1, 0.15) is 16.4 Å². The van der Waals surface area contributed by atoms with Crippen LogP contribution in [-0.2, 0) is 15.5 Å². The first-order valence-corrected chi connectivity index (χ1v) is 8.29. The predicted octanol–water partition coefficient (Wildman–Crippen LogP) is 4.18. The summed E-state index contributed by atoms with van der Waals surface area (Å²) in [6, 6.07) is 14.8. The van der Waals surface area contributed by atoms with Crippen molar-refractivity contribution in [2.45, 2.75) is 28.8 Å². The molecule has 1 saturated heterocycles. The van der Waals surface area contributed by atoms with Crippen LogP contribution in [0.2, 0.25) is 0 Å². The van der Waals surface area contributed by atoms with E-state index in [4.69, 9.17) is 4.74 Å². The number of benzene rings is 2. The molecule has 0 N–H and O–H groups in total. The SMILES string of the molecule is Cc1ccc(S(=O)[C@@H](c2ccccc2)[C@@]2(C(F)(F)F)CO2)cc1. The van der Waals surface area contributed by atoms with Crippen LogP contribution in [0, 0.1) is 6.92 Å². The van der Waals surface area contributed by atoms with E-state index < -0.39 is 34.4 Å². The Hall–Kier alpha value is -1.66. The molecule has 1 aliphatic rings. The summed E-state index contributed by atoms with van der Waals surface area (Å²) in [6.07, 6.45) is -4.58. The van der Waals surface area contributed by atoms with Crippen LogP contribution in [0.4, 0.5) is 13.2 Å². The maximum atomic E-state index is 13.5. The fourth-order valence-corrected chi connectivity index (χ4v) is 4.24. The zero-order valence-electron chi connectivity index (χ0n) is 12.3. The smallest absolute Gasteiger partial charge is 0.358 e. The van der Waals surface area contributed by atoms with Crippen LogP contribution in [0.15, 0.2) is 59.5 Å². The largest absolute Gasteiger partial charge is 0.421 e. The molecule has 0 spiro atoms. The number of aryl methyl sites for hydroxylation is 1. The van der Waals surface area contributed by atoms with E-state index in [1.54, 1.807) is 54.6 Å². The molecule has 3 rings (SSSR count). The minimum Gasteiger partial charge on any atom is -0.358 e. The second kappa shape index (κ2) is 5.76. The van der Waals surface area contributed by atoms with Gasteiger partial charge in [-0.3, -0.25) is 4.21 Å². The third kappa shape index (κ3) is 2.93. The molecule has 122 valence electrons. The number of halogens is 3. The maximum absolute atomic E-state index is 13.5. The second-order valence-corrected chi connectivity index (χ2v) is 7.11. The standard InChI is InChI=1S/C17H15F3O2S/c1-12-7-9-14(10-8-12)23(21)15(13-5-3-2-4-6-13)16(11-22-16)17(18,19)20/h2-10,15H,11H2,1H3/t15-,16+,23?/m0/s1. The highest BCUT2D eigenvalue weighted by Gasteiger charge is 2.71. The average molecular weight is 340 g/mol.